The molecule has 22 heavy (non-hydrogen) atoms. The van der Waals surface area contributed by atoms with Crippen LogP contribution in [0.4, 0.5) is 0 Å². The van der Waals surface area contributed by atoms with Gasteiger partial charge >= 0.3 is 0 Å². The molecule has 6 nitrogen and oxygen atoms in total. The van der Waals surface area contributed by atoms with E-state index in [-0.39, 0.29) is 10.1 Å². The summed E-state index contributed by atoms with van der Waals surface area (Å²) in [6.07, 6.45) is 0.959. The average Bonchev–Trinajstić information content (AvgIpc) is 2.89. The van der Waals surface area contributed by atoms with E-state index in [1.807, 2.05) is 0 Å². The number of methoxy groups -OCH3 is 1. The number of likely N-dealkylation sites (N-methyl/N-ethyl adjacent to an activating group) is 1. The van der Waals surface area contributed by atoms with E-state index in [9.17, 15) is 8.42 Å². The van der Waals surface area contributed by atoms with Gasteiger partial charge in [0.2, 0.25) is 10.0 Å². The fourth-order valence-corrected chi connectivity index (χ4v) is 6.03. The molecule has 1 aromatic rings. The van der Waals surface area contributed by atoms with Gasteiger partial charge in [0.25, 0.3) is 0 Å². The lowest BCUT2D eigenvalue weighted by molar-refractivity contribution is 0.187. The molecule has 0 radical (unpaired) electrons. The number of nitrogens with zero attached hydrogens (tertiary/aromatic N) is 1. The van der Waals surface area contributed by atoms with Gasteiger partial charge in [0, 0.05) is 39.3 Å². The summed E-state index contributed by atoms with van der Waals surface area (Å²) >= 11 is 2.90. The Kier molecular flexibility index (Phi) is 6.69. The zero-order valence-electron chi connectivity index (χ0n) is 12.9. The minimum absolute atomic E-state index is 0.255. The van der Waals surface area contributed by atoms with Crippen LogP contribution < -0.4 is 10.5 Å². The second-order valence-corrected chi connectivity index (χ2v) is 9.39. The van der Waals surface area contributed by atoms with Gasteiger partial charge < -0.3 is 10.1 Å². The summed E-state index contributed by atoms with van der Waals surface area (Å²) < 4.78 is 31.9. The monoisotopic (exact) mass is 365 g/mol. The SMILES string of the molecule is CCNC[C@H]1CN(CCCOC)Sc2sc(S(N)(=O)=O)cc21. The Morgan fingerprint density at radius 3 is 2.95 bits per heavy atom. The van der Waals surface area contributed by atoms with Crippen molar-refractivity contribution in [3.63, 3.8) is 0 Å². The van der Waals surface area contributed by atoms with Crippen molar-refractivity contribution in [3.05, 3.63) is 11.6 Å². The molecule has 3 N–H and O–H groups in total. The first-order valence-corrected chi connectivity index (χ1v) is 10.4. The van der Waals surface area contributed by atoms with Crippen molar-refractivity contribution in [2.45, 2.75) is 27.7 Å². The zero-order chi connectivity index (χ0) is 16.2. The molecular weight excluding hydrogens is 342 g/mol. The number of hydrogen-bond acceptors (Lipinski definition) is 7. The number of nitrogens with one attached hydrogen (secondary N) is 1. The first kappa shape index (κ1) is 18.2. The maximum atomic E-state index is 11.6. The summed E-state index contributed by atoms with van der Waals surface area (Å²) in [7, 11) is -1.93. The highest BCUT2D eigenvalue weighted by Gasteiger charge is 2.30. The number of hydrogen-bond donors (Lipinski definition) is 2. The van der Waals surface area contributed by atoms with Gasteiger partial charge in [0.05, 0.1) is 4.21 Å². The van der Waals surface area contributed by atoms with Crippen molar-refractivity contribution >= 4 is 33.3 Å². The minimum atomic E-state index is -3.63. The van der Waals surface area contributed by atoms with Gasteiger partial charge in [0.15, 0.2) is 0 Å². The predicted molar refractivity (Wildman–Crippen MR) is 90.9 cm³/mol. The Hall–Kier alpha value is -0.160. The van der Waals surface area contributed by atoms with E-state index >= 15 is 0 Å². The van der Waals surface area contributed by atoms with E-state index in [1.54, 1.807) is 25.1 Å². The normalized spacial score (nSPS) is 19.3. The van der Waals surface area contributed by atoms with Crippen LogP contribution in [0.15, 0.2) is 14.5 Å². The minimum Gasteiger partial charge on any atom is -0.385 e. The van der Waals surface area contributed by atoms with Crippen molar-refractivity contribution in [2.24, 2.45) is 5.14 Å². The summed E-state index contributed by atoms with van der Waals surface area (Å²) in [5, 5.41) is 8.63. The number of thiophene rings is 1. The first-order valence-electron chi connectivity index (χ1n) is 7.24. The fourth-order valence-electron chi connectivity index (χ4n) is 2.38. The molecule has 0 unspecified atom stereocenters. The van der Waals surface area contributed by atoms with Crippen LogP contribution in [0.1, 0.15) is 24.8 Å². The molecule has 126 valence electrons. The molecule has 0 aromatic carbocycles. The summed E-state index contributed by atoms with van der Waals surface area (Å²) in [6.45, 7) is 6.35. The molecule has 0 aliphatic carbocycles. The maximum Gasteiger partial charge on any atom is 0.247 e. The topological polar surface area (TPSA) is 84.7 Å². The fraction of sp³-hybridized carbons (Fsp3) is 0.692. The largest absolute Gasteiger partial charge is 0.385 e. The van der Waals surface area contributed by atoms with E-state index in [0.29, 0.717) is 0 Å². The number of rotatable bonds is 8. The van der Waals surface area contributed by atoms with E-state index in [1.165, 1.54) is 11.3 Å². The van der Waals surface area contributed by atoms with E-state index in [4.69, 9.17) is 9.88 Å². The average molecular weight is 366 g/mol. The van der Waals surface area contributed by atoms with Crippen LogP contribution in [-0.2, 0) is 14.8 Å². The lowest BCUT2D eigenvalue weighted by Gasteiger charge is -2.31. The second-order valence-electron chi connectivity index (χ2n) is 5.18. The number of primary sulfonamides is 1. The van der Waals surface area contributed by atoms with Gasteiger partial charge in [-0.25, -0.2) is 17.9 Å². The Labute approximate surface area is 140 Å². The molecule has 1 aliphatic rings. The van der Waals surface area contributed by atoms with Crippen LogP contribution in [0.2, 0.25) is 0 Å². The van der Waals surface area contributed by atoms with Crippen LogP contribution in [0, 0.1) is 0 Å². The third-order valence-corrected chi connectivity index (χ3v) is 7.29. The molecule has 2 heterocycles. The van der Waals surface area contributed by atoms with Crippen LogP contribution >= 0.6 is 23.3 Å². The Bertz CT molecular complexity index is 589. The van der Waals surface area contributed by atoms with Gasteiger partial charge in [-0.05, 0) is 36.5 Å². The van der Waals surface area contributed by atoms with Crippen molar-refractivity contribution in [3.8, 4) is 0 Å². The third kappa shape index (κ3) is 4.67. The summed E-state index contributed by atoms with van der Waals surface area (Å²) in [5.74, 6) is 0.283. The zero-order valence-corrected chi connectivity index (χ0v) is 15.3. The summed E-state index contributed by atoms with van der Waals surface area (Å²) in [5.41, 5.74) is 1.10. The molecule has 0 amide bonds. The molecule has 0 spiro atoms. The second kappa shape index (κ2) is 8.09. The van der Waals surface area contributed by atoms with E-state index < -0.39 is 10.0 Å². The van der Waals surface area contributed by atoms with E-state index in [2.05, 4.69) is 16.5 Å². The van der Waals surface area contributed by atoms with Gasteiger partial charge in [0.1, 0.15) is 4.21 Å². The van der Waals surface area contributed by atoms with Crippen LogP contribution in [0.5, 0.6) is 0 Å². The highest BCUT2D eigenvalue weighted by atomic mass is 32.3. The maximum absolute atomic E-state index is 11.6. The number of ether oxygens (including phenoxy) is 1. The number of fused-ring (bicyclic) bond motifs is 1. The molecular formula is C13H23N3O3S3. The lowest BCUT2D eigenvalue weighted by atomic mass is 10.0. The van der Waals surface area contributed by atoms with Crippen molar-refractivity contribution in [1.29, 1.82) is 0 Å². The Morgan fingerprint density at radius 1 is 1.55 bits per heavy atom. The van der Waals surface area contributed by atoms with Crippen molar-refractivity contribution in [2.75, 3.05) is 39.9 Å². The molecule has 0 bridgehead atoms. The summed E-state index contributed by atoms with van der Waals surface area (Å²) in [6, 6.07) is 1.75. The molecule has 9 heteroatoms. The van der Waals surface area contributed by atoms with Crippen LogP contribution in [-0.4, -0.2) is 52.6 Å². The van der Waals surface area contributed by atoms with Gasteiger partial charge in [-0.3, -0.25) is 0 Å². The molecule has 1 atom stereocenters. The number of sulfonamides is 1. The van der Waals surface area contributed by atoms with Gasteiger partial charge in [-0.2, -0.15) is 0 Å². The highest BCUT2D eigenvalue weighted by molar-refractivity contribution is 7.99. The smallest absolute Gasteiger partial charge is 0.247 e. The molecule has 2 rings (SSSR count). The third-order valence-electron chi connectivity index (χ3n) is 3.46. The Balaban J connectivity index is 2.18. The lowest BCUT2D eigenvalue weighted by Crippen LogP contribution is -2.33. The highest BCUT2D eigenvalue weighted by Crippen LogP contribution is 2.44. The molecule has 1 aromatic heterocycles. The quantitative estimate of drug-likeness (QED) is 0.536. The van der Waals surface area contributed by atoms with Crippen LogP contribution in [0.25, 0.3) is 0 Å². The summed E-state index contributed by atoms with van der Waals surface area (Å²) in [4.78, 5) is 0. The van der Waals surface area contributed by atoms with Gasteiger partial charge in [-0.15, -0.1) is 11.3 Å². The van der Waals surface area contributed by atoms with Crippen molar-refractivity contribution in [1.82, 2.24) is 9.62 Å². The Morgan fingerprint density at radius 2 is 2.32 bits per heavy atom. The van der Waals surface area contributed by atoms with Crippen LogP contribution in [0.3, 0.4) is 0 Å². The standard InChI is InChI=1S/C13H23N3O3S3/c1-3-15-8-10-9-16(5-4-6-19-2)21-13-11(10)7-12(20-13)22(14,17)18/h7,10,15H,3-6,8-9H2,1-2H3,(H2,14,17,18)/t10-/m0/s1. The molecule has 0 saturated heterocycles. The molecule has 1 aliphatic heterocycles. The first-order chi connectivity index (χ1) is 10.5. The van der Waals surface area contributed by atoms with E-state index in [0.717, 1.165) is 49.0 Å². The van der Waals surface area contributed by atoms with Gasteiger partial charge in [-0.1, -0.05) is 6.92 Å². The molecule has 0 saturated carbocycles. The van der Waals surface area contributed by atoms with Crippen molar-refractivity contribution < 1.29 is 13.2 Å². The predicted octanol–water partition coefficient (Wildman–Crippen LogP) is 1.45. The molecule has 0 fully saturated rings. The number of nitrogens with two attached hydrogens (primary N) is 1.